The maximum absolute atomic E-state index is 12.8. The molecule has 4 amide bonds. The van der Waals surface area contributed by atoms with Crippen molar-refractivity contribution in [3.05, 3.63) is 113 Å². The lowest BCUT2D eigenvalue weighted by Gasteiger charge is -2.13. The highest BCUT2D eigenvalue weighted by Crippen LogP contribution is 2.29. The number of fused-ring (bicyclic) bond motifs is 2. The van der Waals surface area contributed by atoms with Crippen LogP contribution in [-0.2, 0) is 0 Å². The van der Waals surface area contributed by atoms with E-state index >= 15 is 0 Å². The van der Waals surface area contributed by atoms with Crippen molar-refractivity contribution in [2.24, 2.45) is 0 Å². The topological polar surface area (TPSA) is 125 Å². The van der Waals surface area contributed by atoms with E-state index < -0.39 is 17.0 Å². The SMILES string of the molecule is O=C(Nc1ccc([N+](=O)[O-])c(NC(=O)Nc2cccc3ccccc23)c1)Nc1cccc2ccccc12. The maximum Gasteiger partial charge on any atom is 0.323 e. The molecule has 0 aliphatic carbocycles. The van der Waals surface area contributed by atoms with Crippen LogP contribution in [0.5, 0.6) is 0 Å². The third-order valence-corrected chi connectivity index (χ3v) is 5.77. The summed E-state index contributed by atoms with van der Waals surface area (Å²) in [5.74, 6) is 0. The van der Waals surface area contributed by atoms with Crippen LogP contribution < -0.4 is 21.3 Å². The summed E-state index contributed by atoms with van der Waals surface area (Å²) in [6.07, 6.45) is 0. The van der Waals surface area contributed by atoms with Crippen molar-refractivity contribution in [1.29, 1.82) is 0 Å². The number of urea groups is 2. The number of carbonyl (C=O) groups excluding carboxylic acids is 2. The highest BCUT2D eigenvalue weighted by atomic mass is 16.6. The summed E-state index contributed by atoms with van der Waals surface area (Å²) in [6.45, 7) is 0. The van der Waals surface area contributed by atoms with Gasteiger partial charge in [-0.2, -0.15) is 0 Å². The lowest BCUT2D eigenvalue weighted by molar-refractivity contribution is -0.383. The van der Waals surface area contributed by atoms with Crippen LogP contribution in [0.25, 0.3) is 21.5 Å². The van der Waals surface area contributed by atoms with E-state index in [2.05, 4.69) is 21.3 Å². The van der Waals surface area contributed by atoms with Gasteiger partial charge in [-0.05, 0) is 35.0 Å². The Morgan fingerprint density at radius 2 is 1.05 bits per heavy atom. The molecule has 0 heterocycles. The molecule has 0 saturated heterocycles. The van der Waals surface area contributed by atoms with E-state index in [0.717, 1.165) is 21.5 Å². The number of hydrogen-bond donors (Lipinski definition) is 4. The van der Waals surface area contributed by atoms with Crippen molar-refractivity contribution < 1.29 is 14.5 Å². The molecule has 9 nitrogen and oxygen atoms in total. The number of nitrogens with zero attached hydrogens (tertiary/aromatic N) is 1. The van der Waals surface area contributed by atoms with Crippen LogP contribution in [0.1, 0.15) is 0 Å². The van der Waals surface area contributed by atoms with E-state index in [1.54, 1.807) is 18.2 Å². The quantitative estimate of drug-likeness (QED) is 0.153. The molecule has 0 aliphatic heterocycles. The molecule has 37 heavy (non-hydrogen) atoms. The van der Waals surface area contributed by atoms with Gasteiger partial charge >= 0.3 is 12.1 Å². The van der Waals surface area contributed by atoms with E-state index in [9.17, 15) is 19.7 Å². The molecule has 5 rings (SSSR count). The molecule has 5 aromatic rings. The molecule has 0 saturated carbocycles. The molecule has 5 aromatic carbocycles. The number of rotatable bonds is 5. The number of nitrogens with one attached hydrogen (secondary N) is 4. The van der Waals surface area contributed by atoms with Crippen molar-refractivity contribution in [2.75, 3.05) is 21.3 Å². The van der Waals surface area contributed by atoms with Gasteiger partial charge < -0.3 is 21.3 Å². The smallest absolute Gasteiger partial charge is 0.308 e. The Morgan fingerprint density at radius 3 is 1.62 bits per heavy atom. The predicted molar refractivity (Wildman–Crippen MR) is 146 cm³/mol. The first kappa shape index (κ1) is 23.3. The van der Waals surface area contributed by atoms with Gasteiger partial charge in [-0.3, -0.25) is 10.1 Å². The molecular formula is C28H21N5O4. The molecule has 0 spiro atoms. The third kappa shape index (κ3) is 5.15. The molecule has 0 unspecified atom stereocenters. The summed E-state index contributed by atoms with van der Waals surface area (Å²) in [6, 6.07) is 29.0. The number of carbonyl (C=O) groups is 2. The summed E-state index contributed by atoms with van der Waals surface area (Å²) in [7, 11) is 0. The highest BCUT2D eigenvalue weighted by Gasteiger charge is 2.18. The van der Waals surface area contributed by atoms with E-state index in [0.29, 0.717) is 11.4 Å². The second kappa shape index (κ2) is 10.0. The van der Waals surface area contributed by atoms with Crippen LogP contribution in [0.3, 0.4) is 0 Å². The van der Waals surface area contributed by atoms with Gasteiger partial charge in [0.15, 0.2) is 0 Å². The van der Waals surface area contributed by atoms with Crippen LogP contribution in [0, 0.1) is 10.1 Å². The lowest BCUT2D eigenvalue weighted by Crippen LogP contribution is -2.21. The first-order valence-electron chi connectivity index (χ1n) is 11.4. The largest absolute Gasteiger partial charge is 0.323 e. The van der Waals surface area contributed by atoms with Crippen molar-refractivity contribution in [3.8, 4) is 0 Å². The van der Waals surface area contributed by atoms with Gasteiger partial charge in [0.2, 0.25) is 0 Å². The Kier molecular flexibility index (Phi) is 6.33. The number of nitro benzene ring substituents is 1. The Labute approximate surface area is 211 Å². The van der Waals surface area contributed by atoms with E-state index in [-0.39, 0.29) is 17.1 Å². The predicted octanol–water partition coefficient (Wildman–Crippen LogP) is 7.19. The van der Waals surface area contributed by atoms with Crippen LogP contribution in [0.4, 0.5) is 38.0 Å². The minimum Gasteiger partial charge on any atom is -0.308 e. The minimum absolute atomic E-state index is 0.0642. The zero-order valence-corrected chi connectivity index (χ0v) is 19.4. The fourth-order valence-electron chi connectivity index (χ4n) is 4.10. The van der Waals surface area contributed by atoms with Crippen LogP contribution >= 0.6 is 0 Å². The third-order valence-electron chi connectivity index (χ3n) is 5.77. The summed E-state index contributed by atoms with van der Waals surface area (Å²) in [5.41, 5.74) is 1.06. The van der Waals surface area contributed by atoms with Crippen LogP contribution in [0.2, 0.25) is 0 Å². The number of anilines is 4. The van der Waals surface area contributed by atoms with E-state index in [4.69, 9.17) is 0 Å². The van der Waals surface area contributed by atoms with Crippen molar-refractivity contribution in [2.45, 2.75) is 0 Å². The normalized spacial score (nSPS) is 10.6. The standard InChI is InChI=1S/C28H21N5O4/c34-27(30-23-13-5-9-18-7-1-3-11-21(18)23)29-20-15-16-26(33(36)37)25(17-20)32-28(35)31-24-14-6-10-19-8-2-4-12-22(19)24/h1-17H,(H2,29,30,34)(H2,31,32,35). The lowest BCUT2D eigenvalue weighted by atomic mass is 10.1. The van der Waals surface area contributed by atoms with Gasteiger partial charge in [-0.1, -0.05) is 72.8 Å². The number of benzene rings is 5. The van der Waals surface area contributed by atoms with Crippen molar-refractivity contribution in [3.63, 3.8) is 0 Å². The molecule has 0 aromatic heterocycles. The molecule has 0 fully saturated rings. The molecule has 4 N–H and O–H groups in total. The number of hydrogen-bond acceptors (Lipinski definition) is 4. The van der Waals surface area contributed by atoms with Crippen LogP contribution in [0.15, 0.2) is 103 Å². The van der Waals surface area contributed by atoms with Crippen molar-refractivity contribution in [1.82, 2.24) is 0 Å². The second-order valence-corrected chi connectivity index (χ2v) is 8.20. The zero-order valence-electron chi connectivity index (χ0n) is 19.4. The molecule has 0 bridgehead atoms. The zero-order chi connectivity index (χ0) is 25.8. The first-order chi connectivity index (χ1) is 18.0. The average Bonchev–Trinajstić information content (AvgIpc) is 2.89. The van der Waals surface area contributed by atoms with Crippen molar-refractivity contribution >= 4 is 62.0 Å². The van der Waals surface area contributed by atoms with Crippen LogP contribution in [-0.4, -0.2) is 17.0 Å². The molecule has 0 aliphatic rings. The Bertz CT molecular complexity index is 1660. The summed E-state index contributed by atoms with van der Waals surface area (Å²) in [4.78, 5) is 36.4. The van der Waals surface area contributed by atoms with Gasteiger partial charge in [0.25, 0.3) is 5.69 Å². The van der Waals surface area contributed by atoms with Gasteiger partial charge in [0.1, 0.15) is 5.69 Å². The Hall–Kier alpha value is -5.44. The Balaban J connectivity index is 1.34. The van der Waals surface area contributed by atoms with Gasteiger partial charge in [0.05, 0.1) is 16.3 Å². The fourth-order valence-corrected chi connectivity index (χ4v) is 4.10. The second-order valence-electron chi connectivity index (χ2n) is 8.20. The van der Waals surface area contributed by atoms with Gasteiger partial charge in [-0.25, -0.2) is 9.59 Å². The Morgan fingerprint density at radius 1 is 0.568 bits per heavy atom. The molecule has 182 valence electrons. The summed E-state index contributed by atoms with van der Waals surface area (Å²) in [5, 5.41) is 25.9. The molecule has 0 radical (unpaired) electrons. The molecule has 0 atom stereocenters. The summed E-state index contributed by atoms with van der Waals surface area (Å²) < 4.78 is 0. The molecule has 9 heteroatoms. The monoisotopic (exact) mass is 491 g/mol. The van der Waals surface area contributed by atoms with Gasteiger partial charge in [-0.15, -0.1) is 0 Å². The summed E-state index contributed by atoms with van der Waals surface area (Å²) >= 11 is 0. The fraction of sp³-hybridized carbons (Fsp3) is 0. The molecular weight excluding hydrogens is 470 g/mol. The van der Waals surface area contributed by atoms with E-state index in [1.807, 2.05) is 66.7 Å². The maximum atomic E-state index is 12.8. The minimum atomic E-state index is -0.656. The van der Waals surface area contributed by atoms with Gasteiger partial charge in [0, 0.05) is 22.5 Å². The van der Waals surface area contributed by atoms with E-state index in [1.165, 1.54) is 18.2 Å². The first-order valence-corrected chi connectivity index (χ1v) is 11.4. The number of nitro groups is 1. The number of amides is 4. The highest BCUT2D eigenvalue weighted by molar-refractivity contribution is 6.08. The average molecular weight is 492 g/mol.